The Labute approximate surface area is 391 Å². The first-order chi connectivity index (χ1) is 31.5. The molecule has 0 amide bonds. The molecule has 6 nitrogen and oxygen atoms in total. The summed E-state index contributed by atoms with van der Waals surface area (Å²) in [5, 5.41) is 0. The maximum Gasteiger partial charge on any atom is 0.306 e. The Morgan fingerprint density at radius 2 is 0.641 bits per heavy atom. The van der Waals surface area contributed by atoms with Crippen molar-refractivity contribution in [2.75, 3.05) is 13.2 Å². The molecular weight excluding hydrogens is 793 g/mol. The van der Waals surface area contributed by atoms with Gasteiger partial charge in [0.05, 0.1) is 0 Å². The summed E-state index contributed by atoms with van der Waals surface area (Å²) in [6.07, 6.45) is 72.6. The molecule has 0 bridgehead atoms. The third-order valence-corrected chi connectivity index (χ3v) is 9.66. The molecule has 356 valence electrons. The molecule has 0 radical (unpaired) electrons. The normalized spacial score (nSPS) is 13.4. The monoisotopic (exact) mass is 881 g/mol. The van der Waals surface area contributed by atoms with Gasteiger partial charge in [0.2, 0.25) is 0 Å². The van der Waals surface area contributed by atoms with Crippen molar-refractivity contribution in [3.05, 3.63) is 146 Å². The highest BCUT2D eigenvalue weighted by molar-refractivity contribution is 5.71. The van der Waals surface area contributed by atoms with Crippen LogP contribution in [0.3, 0.4) is 0 Å². The van der Waals surface area contributed by atoms with E-state index in [1.54, 1.807) is 0 Å². The molecule has 0 aliphatic rings. The van der Waals surface area contributed by atoms with Gasteiger partial charge in [-0.15, -0.1) is 0 Å². The van der Waals surface area contributed by atoms with E-state index in [2.05, 4.69) is 142 Å². The summed E-state index contributed by atoms with van der Waals surface area (Å²) in [7, 11) is 0. The van der Waals surface area contributed by atoms with Crippen molar-refractivity contribution in [2.24, 2.45) is 0 Å². The SMILES string of the molecule is CC\C=C/C=C\C=C/C=C\CCCCCCCC(=O)OC(COC(=O)CCCC/C=C\C/C=C\C/C=C\CC)COC(=O)CCCCC/C=C\C/C=C\C/C=C\C/C=C\C/C=C\CC. The van der Waals surface area contributed by atoms with Crippen molar-refractivity contribution in [3.63, 3.8) is 0 Å². The quantitative estimate of drug-likeness (QED) is 0.0200. The summed E-state index contributed by atoms with van der Waals surface area (Å²) in [5.41, 5.74) is 0. The molecule has 1 atom stereocenters. The fourth-order valence-corrected chi connectivity index (χ4v) is 6.02. The zero-order chi connectivity index (χ0) is 46.5. The Bertz CT molecular complexity index is 1480. The number of unbranched alkanes of at least 4 members (excludes halogenated alkanes) is 10. The van der Waals surface area contributed by atoms with Crippen LogP contribution in [0.15, 0.2) is 146 Å². The van der Waals surface area contributed by atoms with Crippen molar-refractivity contribution < 1.29 is 28.6 Å². The lowest BCUT2D eigenvalue weighted by Crippen LogP contribution is -2.30. The smallest absolute Gasteiger partial charge is 0.306 e. The minimum absolute atomic E-state index is 0.124. The van der Waals surface area contributed by atoms with Crippen molar-refractivity contribution in [3.8, 4) is 0 Å². The first-order valence-corrected chi connectivity index (χ1v) is 24.9. The van der Waals surface area contributed by atoms with Crippen LogP contribution in [0.25, 0.3) is 0 Å². The van der Waals surface area contributed by atoms with Crippen LogP contribution in [0.5, 0.6) is 0 Å². The van der Waals surface area contributed by atoms with Gasteiger partial charge in [0.25, 0.3) is 0 Å². The molecule has 0 heterocycles. The molecule has 0 fully saturated rings. The lowest BCUT2D eigenvalue weighted by Gasteiger charge is -2.18. The first kappa shape index (κ1) is 59.3. The molecular formula is C58H88O6. The van der Waals surface area contributed by atoms with E-state index >= 15 is 0 Å². The van der Waals surface area contributed by atoms with Gasteiger partial charge in [0.1, 0.15) is 13.2 Å². The summed E-state index contributed by atoms with van der Waals surface area (Å²) >= 11 is 0. The number of allylic oxidation sites excluding steroid dienone is 24. The lowest BCUT2D eigenvalue weighted by atomic mass is 10.1. The molecule has 0 aromatic heterocycles. The van der Waals surface area contributed by atoms with Gasteiger partial charge in [-0.1, -0.05) is 192 Å². The highest BCUT2D eigenvalue weighted by Gasteiger charge is 2.19. The second-order valence-electron chi connectivity index (χ2n) is 15.7. The molecule has 6 heteroatoms. The molecule has 0 saturated heterocycles. The summed E-state index contributed by atoms with van der Waals surface area (Å²) in [4.78, 5) is 37.9. The highest BCUT2D eigenvalue weighted by Crippen LogP contribution is 2.11. The van der Waals surface area contributed by atoms with Gasteiger partial charge in [0, 0.05) is 19.3 Å². The molecule has 0 rings (SSSR count). The summed E-state index contributed by atoms with van der Waals surface area (Å²) in [6, 6.07) is 0. The van der Waals surface area contributed by atoms with E-state index in [0.717, 1.165) is 135 Å². The number of esters is 3. The van der Waals surface area contributed by atoms with Crippen LogP contribution in [0.2, 0.25) is 0 Å². The van der Waals surface area contributed by atoms with Crippen LogP contribution in [-0.4, -0.2) is 37.2 Å². The minimum atomic E-state index is -0.826. The van der Waals surface area contributed by atoms with E-state index in [-0.39, 0.29) is 37.5 Å². The maximum atomic E-state index is 12.8. The number of carbonyl (C=O) groups is 3. The second kappa shape index (κ2) is 50.9. The average Bonchev–Trinajstić information content (AvgIpc) is 3.29. The Kier molecular flexibility index (Phi) is 47.2. The number of rotatable bonds is 42. The van der Waals surface area contributed by atoms with Gasteiger partial charge >= 0.3 is 17.9 Å². The van der Waals surface area contributed by atoms with E-state index in [4.69, 9.17) is 14.2 Å². The van der Waals surface area contributed by atoms with Crippen molar-refractivity contribution in [1.29, 1.82) is 0 Å². The molecule has 64 heavy (non-hydrogen) atoms. The molecule has 0 aliphatic heterocycles. The number of hydrogen-bond donors (Lipinski definition) is 0. The van der Waals surface area contributed by atoms with Gasteiger partial charge in [-0.05, 0) is 116 Å². The Balaban J connectivity index is 4.56. The molecule has 0 N–H and O–H groups in total. The first-order valence-electron chi connectivity index (χ1n) is 24.9. The topological polar surface area (TPSA) is 78.9 Å². The molecule has 1 unspecified atom stereocenters. The lowest BCUT2D eigenvalue weighted by molar-refractivity contribution is -0.167. The fraction of sp³-hybridized carbons (Fsp3) is 0.534. The standard InChI is InChI=1S/C58H88O6/c1-4-7-10-13-16-19-22-25-27-28-29-30-32-33-36-39-42-45-48-51-57(60)63-54-55(53-62-56(59)50-47-44-41-38-35-24-21-18-15-12-9-6-3)64-58(61)52-49-46-43-40-37-34-31-26-23-20-17-14-11-8-5-2/h7-12,14,16-21,23,25-27,29-31,33,35-36,38,55H,4-6,13,15,22,24,28,32,34,37,39-54H2,1-3H3/b10-7-,11-8-,12-9-,17-14-,19-16-,21-18-,23-20-,27-25-,30-29-,31-26-,36-33-,38-35-. The van der Waals surface area contributed by atoms with E-state index in [1.165, 1.54) is 0 Å². The van der Waals surface area contributed by atoms with E-state index < -0.39 is 6.10 Å². The number of hydrogen-bond acceptors (Lipinski definition) is 6. The van der Waals surface area contributed by atoms with Gasteiger partial charge in [-0.2, -0.15) is 0 Å². The number of ether oxygens (including phenoxy) is 3. The Morgan fingerprint density at radius 1 is 0.328 bits per heavy atom. The van der Waals surface area contributed by atoms with Crippen LogP contribution >= 0.6 is 0 Å². The van der Waals surface area contributed by atoms with Crippen LogP contribution in [0, 0.1) is 0 Å². The molecule has 0 aliphatic carbocycles. The van der Waals surface area contributed by atoms with Crippen molar-refractivity contribution in [1.82, 2.24) is 0 Å². The van der Waals surface area contributed by atoms with Gasteiger partial charge in [-0.3, -0.25) is 14.4 Å². The van der Waals surface area contributed by atoms with Crippen LogP contribution < -0.4 is 0 Å². The van der Waals surface area contributed by atoms with E-state index in [1.807, 2.05) is 24.3 Å². The molecule has 0 spiro atoms. The van der Waals surface area contributed by atoms with Crippen LogP contribution in [0.1, 0.15) is 181 Å². The van der Waals surface area contributed by atoms with Gasteiger partial charge in [-0.25, -0.2) is 0 Å². The fourth-order valence-electron chi connectivity index (χ4n) is 6.02. The molecule has 0 aromatic carbocycles. The van der Waals surface area contributed by atoms with E-state index in [9.17, 15) is 14.4 Å². The maximum absolute atomic E-state index is 12.8. The summed E-state index contributed by atoms with van der Waals surface area (Å²) in [5.74, 6) is -1.03. The summed E-state index contributed by atoms with van der Waals surface area (Å²) < 4.78 is 16.7. The van der Waals surface area contributed by atoms with Crippen LogP contribution in [-0.2, 0) is 28.6 Å². The largest absolute Gasteiger partial charge is 0.462 e. The summed E-state index contributed by atoms with van der Waals surface area (Å²) in [6.45, 7) is 6.15. The van der Waals surface area contributed by atoms with Crippen molar-refractivity contribution >= 4 is 17.9 Å². The zero-order valence-corrected chi connectivity index (χ0v) is 40.5. The Hall–Kier alpha value is -4.71. The minimum Gasteiger partial charge on any atom is -0.462 e. The predicted molar refractivity (Wildman–Crippen MR) is 274 cm³/mol. The zero-order valence-electron chi connectivity index (χ0n) is 40.5. The van der Waals surface area contributed by atoms with Gasteiger partial charge in [0.15, 0.2) is 6.10 Å². The van der Waals surface area contributed by atoms with Crippen molar-refractivity contribution in [2.45, 2.75) is 187 Å². The third-order valence-electron chi connectivity index (χ3n) is 9.66. The molecule has 0 aromatic rings. The molecule has 0 saturated carbocycles. The highest BCUT2D eigenvalue weighted by atomic mass is 16.6. The number of carbonyl (C=O) groups excluding carboxylic acids is 3. The second-order valence-corrected chi connectivity index (χ2v) is 15.7. The van der Waals surface area contributed by atoms with Crippen LogP contribution in [0.4, 0.5) is 0 Å². The predicted octanol–water partition coefficient (Wildman–Crippen LogP) is 16.5. The Morgan fingerprint density at radius 3 is 1.11 bits per heavy atom. The van der Waals surface area contributed by atoms with E-state index in [0.29, 0.717) is 19.3 Å². The van der Waals surface area contributed by atoms with Gasteiger partial charge < -0.3 is 14.2 Å². The average molecular weight is 881 g/mol. The third kappa shape index (κ3) is 48.3.